The minimum absolute atomic E-state index is 0.00384. The number of nitrogens with zero attached hydrogens (tertiary/aromatic N) is 3. The number of carbonyl (C=O) groups is 2. The molecule has 216 valence electrons. The van der Waals surface area contributed by atoms with Crippen LogP contribution in [0.3, 0.4) is 0 Å². The average molecular weight is 558 g/mol. The number of rotatable bonds is 6. The third kappa shape index (κ3) is 5.98. The van der Waals surface area contributed by atoms with Crippen molar-refractivity contribution in [1.82, 2.24) is 14.7 Å². The Kier molecular flexibility index (Phi) is 8.54. The van der Waals surface area contributed by atoms with Crippen molar-refractivity contribution in [3.05, 3.63) is 34.9 Å². The molecule has 5 rings (SSSR count). The lowest BCUT2D eigenvalue weighted by Crippen LogP contribution is -2.56. The van der Waals surface area contributed by atoms with E-state index in [1.165, 1.54) is 37.7 Å². The lowest BCUT2D eigenvalue weighted by Gasteiger charge is -2.51. The van der Waals surface area contributed by atoms with Crippen LogP contribution in [-0.4, -0.2) is 77.6 Å². The summed E-state index contributed by atoms with van der Waals surface area (Å²) in [6, 6.07) is 8.59. The highest BCUT2D eigenvalue weighted by atomic mass is 35.5. The molecule has 7 heteroatoms. The molecule has 0 aromatic heterocycles. The van der Waals surface area contributed by atoms with E-state index >= 15 is 0 Å². The first-order valence-corrected chi connectivity index (χ1v) is 15.7. The van der Waals surface area contributed by atoms with Crippen LogP contribution in [0, 0.1) is 17.3 Å². The fraction of sp³-hybridized carbons (Fsp3) is 0.750. The van der Waals surface area contributed by atoms with Crippen molar-refractivity contribution in [3.8, 4) is 0 Å². The molecule has 0 spiro atoms. The van der Waals surface area contributed by atoms with Crippen molar-refractivity contribution in [2.24, 2.45) is 17.3 Å². The van der Waals surface area contributed by atoms with Gasteiger partial charge >= 0.3 is 6.09 Å². The molecule has 1 aromatic rings. The Bertz CT molecular complexity index is 1010. The summed E-state index contributed by atoms with van der Waals surface area (Å²) in [5.74, 6) is 1.10. The quantitative estimate of drug-likeness (QED) is 0.397. The highest BCUT2D eigenvalue weighted by Gasteiger charge is 2.50. The summed E-state index contributed by atoms with van der Waals surface area (Å²) in [7, 11) is 0. The second kappa shape index (κ2) is 11.6. The number of carbonyl (C=O) groups excluding carboxylic acids is 2. The number of cyclic esters (lactones) is 1. The van der Waals surface area contributed by atoms with Gasteiger partial charge in [0.05, 0.1) is 5.54 Å². The predicted octanol–water partition coefficient (Wildman–Crippen LogP) is 6.57. The summed E-state index contributed by atoms with van der Waals surface area (Å²) >= 11 is 6.21. The van der Waals surface area contributed by atoms with Gasteiger partial charge in [0.2, 0.25) is 5.91 Å². The van der Waals surface area contributed by atoms with E-state index in [1.54, 1.807) is 0 Å². The molecule has 4 fully saturated rings. The zero-order chi connectivity index (χ0) is 27.8. The van der Waals surface area contributed by atoms with Crippen molar-refractivity contribution >= 4 is 23.6 Å². The number of piperidine rings is 2. The summed E-state index contributed by atoms with van der Waals surface area (Å²) in [6.07, 6.45) is 9.02. The minimum Gasteiger partial charge on any atom is -0.447 e. The summed E-state index contributed by atoms with van der Waals surface area (Å²) in [5, 5.41) is 0.735. The Morgan fingerprint density at radius 3 is 2.28 bits per heavy atom. The fourth-order valence-electron chi connectivity index (χ4n) is 7.84. The van der Waals surface area contributed by atoms with Crippen LogP contribution < -0.4 is 0 Å². The number of ether oxygens (including phenoxy) is 1. The molecule has 0 radical (unpaired) electrons. The third-order valence-corrected chi connectivity index (χ3v) is 10.8. The van der Waals surface area contributed by atoms with Crippen molar-refractivity contribution in [3.63, 3.8) is 0 Å². The van der Waals surface area contributed by atoms with Gasteiger partial charge in [0.1, 0.15) is 6.61 Å². The first-order valence-electron chi connectivity index (χ1n) is 15.3. The molecule has 4 aliphatic rings. The number of halogens is 1. The summed E-state index contributed by atoms with van der Waals surface area (Å²) < 4.78 is 5.49. The Labute approximate surface area is 240 Å². The maximum Gasteiger partial charge on any atom is 0.410 e. The molecule has 0 N–H and O–H groups in total. The van der Waals surface area contributed by atoms with Crippen LogP contribution in [0.15, 0.2) is 24.3 Å². The van der Waals surface area contributed by atoms with Crippen LogP contribution in [0.1, 0.15) is 90.5 Å². The largest absolute Gasteiger partial charge is 0.447 e. The van der Waals surface area contributed by atoms with E-state index in [-0.39, 0.29) is 28.9 Å². The molecule has 1 aromatic carbocycles. The van der Waals surface area contributed by atoms with Gasteiger partial charge in [0.25, 0.3) is 0 Å². The molecule has 0 bridgehead atoms. The molecule has 3 aliphatic heterocycles. The molecule has 3 heterocycles. The topological polar surface area (TPSA) is 53.1 Å². The van der Waals surface area contributed by atoms with E-state index in [9.17, 15) is 9.59 Å². The lowest BCUT2D eigenvalue weighted by atomic mass is 9.63. The van der Waals surface area contributed by atoms with Gasteiger partial charge in [-0.2, -0.15) is 0 Å². The summed E-state index contributed by atoms with van der Waals surface area (Å²) in [5.41, 5.74) is 1.00. The second-order valence-electron chi connectivity index (χ2n) is 13.6. The predicted molar refractivity (Wildman–Crippen MR) is 156 cm³/mol. The van der Waals surface area contributed by atoms with Gasteiger partial charge in [-0.25, -0.2) is 4.79 Å². The first-order chi connectivity index (χ1) is 18.6. The third-order valence-electron chi connectivity index (χ3n) is 10.5. The average Bonchev–Trinajstić information content (AvgIpc) is 3.20. The normalized spacial score (nSPS) is 28.1. The molecule has 39 heavy (non-hydrogen) atoms. The minimum atomic E-state index is -0.276. The zero-order valence-corrected chi connectivity index (χ0v) is 25.2. The van der Waals surface area contributed by atoms with E-state index in [0.717, 1.165) is 57.0 Å². The Morgan fingerprint density at radius 1 is 1.03 bits per heavy atom. The molecule has 1 aliphatic carbocycles. The monoisotopic (exact) mass is 557 g/mol. The number of benzene rings is 1. The van der Waals surface area contributed by atoms with Gasteiger partial charge in [-0.05, 0) is 95.4 Å². The molecular weight excluding hydrogens is 510 g/mol. The first kappa shape index (κ1) is 28.7. The number of amides is 2. The van der Waals surface area contributed by atoms with E-state index in [0.29, 0.717) is 24.5 Å². The molecule has 3 saturated heterocycles. The van der Waals surface area contributed by atoms with E-state index < -0.39 is 0 Å². The number of hydrogen-bond donors (Lipinski definition) is 0. The van der Waals surface area contributed by atoms with E-state index in [4.69, 9.17) is 16.3 Å². The Balaban J connectivity index is 1.33. The number of likely N-dealkylation sites (tertiary alicyclic amines) is 2. The lowest BCUT2D eigenvalue weighted by molar-refractivity contribution is -0.142. The van der Waals surface area contributed by atoms with Crippen molar-refractivity contribution in [2.45, 2.75) is 96.6 Å². The molecule has 6 nitrogen and oxygen atoms in total. The van der Waals surface area contributed by atoms with Gasteiger partial charge < -0.3 is 14.5 Å². The van der Waals surface area contributed by atoms with Crippen LogP contribution in [0.2, 0.25) is 5.02 Å². The van der Waals surface area contributed by atoms with Crippen LogP contribution in [-0.2, 0) is 9.53 Å². The van der Waals surface area contributed by atoms with Gasteiger partial charge in [0, 0.05) is 49.1 Å². The van der Waals surface area contributed by atoms with Gasteiger partial charge in [-0.3, -0.25) is 9.69 Å². The second-order valence-corrected chi connectivity index (χ2v) is 14.1. The van der Waals surface area contributed by atoms with Crippen LogP contribution in [0.4, 0.5) is 4.79 Å². The van der Waals surface area contributed by atoms with Crippen molar-refractivity contribution in [1.29, 1.82) is 0 Å². The van der Waals surface area contributed by atoms with Crippen molar-refractivity contribution < 1.29 is 14.3 Å². The number of hydrogen-bond acceptors (Lipinski definition) is 4. The zero-order valence-electron chi connectivity index (χ0n) is 24.5. The van der Waals surface area contributed by atoms with Crippen LogP contribution in [0.25, 0.3) is 0 Å². The summed E-state index contributed by atoms with van der Waals surface area (Å²) in [4.78, 5) is 33.6. The van der Waals surface area contributed by atoms with Crippen LogP contribution in [0.5, 0.6) is 0 Å². The summed E-state index contributed by atoms with van der Waals surface area (Å²) in [6.45, 7) is 13.4. The van der Waals surface area contributed by atoms with E-state index in [2.05, 4.69) is 49.6 Å². The SMILES string of the molecule is CC(C)N1CCC(C(=O)N2CCC(CN3C(=O)OCC3(C)C)(C3CCCCC3)CC2)[C@H](c2ccc(Cl)cc2)C1. The molecule has 2 amide bonds. The Hall–Kier alpha value is -1.79. The van der Waals surface area contributed by atoms with Crippen molar-refractivity contribution in [2.75, 3.05) is 39.3 Å². The highest BCUT2D eigenvalue weighted by Crippen LogP contribution is 2.48. The Morgan fingerprint density at radius 2 is 1.69 bits per heavy atom. The van der Waals surface area contributed by atoms with Crippen LogP contribution >= 0.6 is 11.6 Å². The molecule has 1 unspecified atom stereocenters. The maximum atomic E-state index is 14.2. The molecule has 2 atom stereocenters. The molecule has 1 saturated carbocycles. The van der Waals surface area contributed by atoms with E-state index in [1.807, 2.05) is 17.0 Å². The standard InChI is InChI=1S/C32H48ClN3O3/c1-23(2)35-17-14-27(28(20-35)24-10-12-26(33)13-11-24)29(37)34-18-15-32(16-19-34,25-8-6-5-7-9-25)21-36-30(38)39-22-31(36,3)4/h10-13,23,25,27-28H,5-9,14-22H2,1-4H3/t27?,28-/m0/s1. The maximum absolute atomic E-state index is 14.2. The molecular formula is C32H48ClN3O3. The fourth-order valence-corrected chi connectivity index (χ4v) is 7.97. The highest BCUT2D eigenvalue weighted by molar-refractivity contribution is 6.30. The van der Waals surface area contributed by atoms with Gasteiger partial charge in [-0.1, -0.05) is 43.0 Å². The smallest absolute Gasteiger partial charge is 0.410 e. The van der Waals surface area contributed by atoms with Gasteiger partial charge in [-0.15, -0.1) is 0 Å². The van der Waals surface area contributed by atoms with Gasteiger partial charge in [0.15, 0.2) is 0 Å².